The zero-order chi connectivity index (χ0) is 32.9. The van der Waals surface area contributed by atoms with Crippen LogP contribution in [0, 0.1) is 5.82 Å². The summed E-state index contributed by atoms with van der Waals surface area (Å²) in [5, 5.41) is 13.1. The van der Waals surface area contributed by atoms with E-state index in [1.165, 1.54) is 36.6 Å². The molecule has 1 saturated carbocycles. The Hall–Kier alpha value is -3.29. The molecule has 3 fully saturated rings. The number of halogens is 5. The molecule has 2 aromatic carbocycles. The Kier molecular flexibility index (Phi) is 11.1. The summed E-state index contributed by atoms with van der Waals surface area (Å²) in [5.41, 5.74) is 1.76. The van der Waals surface area contributed by atoms with E-state index in [2.05, 4.69) is 39.6 Å². The number of ether oxygens (including phenoxy) is 2. The predicted octanol–water partition coefficient (Wildman–Crippen LogP) is 5.91. The van der Waals surface area contributed by atoms with Gasteiger partial charge in [0.2, 0.25) is 0 Å². The van der Waals surface area contributed by atoms with Crippen molar-refractivity contribution < 1.29 is 41.7 Å². The molecule has 45 heavy (non-hydrogen) atoms. The van der Waals surface area contributed by atoms with Crippen LogP contribution < -0.4 is 20.1 Å². The van der Waals surface area contributed by atoms with Gasteiger partial charge in [-0.1, -0.05) is 17.7 Å². The summed E-state index contributed by atoms with van der Waals surface area (Å²) in [6.45, 7) is 3.28. The molecule has 2 aliphatic heterocycles. The van der Waals surface area contributed by atoms with E-state index in [0.29, 0.717) is 17.8 Å². The van der Waals surface area contributed by atoms with Crippen molar-refractivity contribution in [3.63, 3.8) is 0 Å². The Labute approximate surface area is 264 Å². The second kappa shape index (κ2) is 14.4. The molecule has 0 bridgehead atoms. The summed E-state index contributed by atoms with van der Waals surface area (Å²) in [5.74, 6) is -1.77. The highest BCUT2D eigenvalue weighted by Gasteiger charge is 2.53. The Bertz CT molecular complexity index is 1360. The molecular formula is C31H39ClF4N4O5. The predicted molar refractivity (Wildman–Crippen MR) is 162 cm³/mol. The SMILES string of the molecule is COc1ccc(C23CCC(NC(=O)Nc4ccc(F)c(Cl)c4)CC2N(C2CCN(C)CC2)CC3)cc1OC.O=C(O)C(F)(F)F. The number of carbonyl (C=O) groups is 2. The minimum atomic E-state index is -5.08. The smallest absolute Gasteiger partial charge is 0.490 e. The third-order valence-electron chi connectivity index (χ3n) is 9.17. The van der Waals surface area contributed by atoms with Gasteiger partial charge in [0, 0.05) is 29.2 Å². The van der Waals surface area contributed by atoms with Crippen LogP contribution in [0.2, 0.25) is 5.02 Å². The number of anilines is 1. The fourth-order valence-corrected chi connectivity index (χ4v) is 7.07. The van der Waals surface area contributed by atoms with Crippen molar-refractivity contribution in [2.45, 2.75) is 68.2 Å². The highest BCUT2D eigenvalue weighted by atomic mass is 35.5. The van der Waals surface area contributed by atoms with Crippen LogP contribution in [-0.4, -0.2) is 92.1 Å². The number of hydrogen-bond donors (Lipinski definition) is 3. The number of nitrogens with one attached hydrogen (secondary N) is 2. The topological polar surface area (TPSA) is 103 Å². The Morgan fingerprint density at radius 3 is 2.27 bits per heavy atom. The summed E-state index contributed by atoms with van der Waals surface area (Å²) in [4.78, 5) is 26.9. The van der Waals surface area contributed by atoms with Gasteiger partial charge in [-0.2, -0.15) is 13.2 Å². The van der Waals surface area contributed by atoms with Crippen LogP contribution in [0.15, 0.2) is 36.4 Å². The second-order valence-electron chi connectivity index (χ2n) is 11.8. The van der Waals surface area contributed by atoms with Crippen molar-refractivity contribution >= 4 is 29.3 Å². The largest absolute Gasteiger partial charge is 0.493 e. The average Bonchev–Trinajstić information content (AvgIpc) is 3.38. The maximum absolute atomic E-state index is 13.5. The number of urea groups is 1. The number of likely N-dealkylation sites (tertiary alicyclic amines) is 2. The van der Waals surface area contributed by atoms with Gasteiger partial charge >= 0.3 is 18.2 Å². The van der Waals surface area contributed by atoms with E-state index in [9.17, 15) is 22.4 Å². The number of rotatable bonds is 6. The summed E-state index contributed by atoms with van der Waals surface area (Å²) < 4.78 is 56.5. The molecule has 0 radical (unpaired) electrons. The van der Waals surface area contributed by atoms with E-state index in [1.54, 1.807) is 14.2 Å². The lowest BCUT2D eigenvalue weighted by Gasteiger charge is -2.48. The number of benzene rings is 2. The van der Waals surface area contributed by atoms with Gasteiger partial charge in [0.25, 0.3) is 0 Å². The molecule has 2 amide bonds. The number of carbonyl (C=O) groups excluding carboxylic acids is 1. The highest BCUT2D eigenvalue weighted by Crippen LogP contribution is 2.51. The van der Waals surface area contributed by atoms with Gasteiger partial charge in [-0.3, -0.25) is 4.90 Å². The Balaban J connectivity index is 0.000000591. The molecule has 2 aromatic rings. The average molecular weight is 659 g/mol. The lowest BCUT2D eigenvalue weighted by atomic mass is 9.65. The maximum Gasteiger partial charge on any atom is 0.490 e. The Morgan fingerprint density at radius 2 is 1.67 bits per heavy atom. The fraction of sp³-hybridized carbons (Fsp3) is 0.548. The number of methoxy groups -OCH3 is 2. The molecule has 1 aliphatic carbocycles. The molecule has 2 heterocycles. The van der Waals surface area contributed by atoms with E-state index in [4.69, 9.17) is 31.0 Å². The summed E-state index contributed by atoms with van der Waals surface area (Å²) in [7, 11) is 5.55. The van der Waals surface area contributed by atoms with Crippen molar-refractivity contribution in [1.82, 2.24) is 15.1 Å². The van der Waals surface area contributed by atoms with Crippen molar-refractivity contribution in [2.75, 3.05) is 46.2 Å². The number of amides is 2. The summed E-state index contributed by atoms with van der Waals surface area (Å²) in [6.07, 6.45) is 1.07. The number of aliphatic carboxylic acids is 1. The minimum absolute atomic E-state index is 0.00202. The number of carboxylic acids is 1. The van der Waals surface area contributed by atoms with E-state index >= 15 is 0 Å². The summed E-state index contributed by atoms with van der Waals surface area (Å²) in [6, 6.07) is 11.2. The first-order valence-corrected chi connectivity index (χ1v) is 15.1. The van der Waals surface area contributed by atoms with Gasteiger partial charge in [0.1, 0.15) is 5.82 Å². The molecule has 0 aromatic heterocycles. The van der Waals surface area contributed by atoms with E-state index < -0.39 is 18.0 Å². The van der Waals surface area contributed by atoms with Crippen molar-refractivity contribution in [3.8, 4) is 11.5 Å². The van der Waals surface area contributed by atoms with Crippen LogP contribution in [0.5, 0.6) is 11.5 Å². The lowest BCUT2D eigenvalue weighted by Crippen LogP contribution is -2.56. The minimum Gasteiger partial charge on any atom is -0.493 e. The van der Waals surface area contributed by atoms with Gasteiger partial charge in [-0.05, 0) is 101 Å². The first-order valence-electron chi connectivity index (χ1n) is 14.8. The van der Waals surface area contributed by atoms with E-state index in [-0.39, 0.29) is 22.5 Å². The molecule has 3 aliphatic rings. The quantitative estimate of drug-likeness (QED) is 0.332. The number of carboxylic acid groups (broad SMARTS) is 1. The molecule has 248 valence electrons. The molecule has 0 spiro atoms. The lowest BCUT2D eigenvalue weighted by molar-refractivity contribution is -0.192. The maximum atomic E-state index is 13.5. The number of fused-ring (bicyclic) bond motifs is 1. The molecule has 3 atom stereocenters. The van der Waals surface area contributed by atoms with Crippen molar-refractivity contribution in [2.24, 2.45) is 0 Å². The fourth-order valence-electron chi connectivity index (χ4n) is 6.89. The molecule has 2 saturated heterocycles. The van der Waals surface area contributed by atoms with Gasteiger partial charge in [-0.25, -0.2) is 14.0 Å². The third-order valence-corrected chi connectivity index (χ3v) is 9.46. The van der Waals surface area contributed by atoms with Crippen LogP contribution in [0.3, 0.4) is 0 Å². The zero-order valence-corrected chi connectivity index (χ0v) is 26.2. The van der Waals surface area contributed by atoms with Gasteiger partial charge in [0.05, 0.1) is 19.2 Å². The van der Waals surface area contributed by atoms with Crippen LogP contribution >= 0.6 is 11.6 Å². The first kappa shape index (κ1) is 34.6. The molecule has 3 unspecified atom stereocenters. The van der Waals surface area contributed by atoms with Crippen molar-refractivity contribution in [1.29, 1.82) is 0 Å². The number of hydrogen-bond acceptors (Lipinski definition) is 6. The summed E-state index contributed by atoms with van der Waals surface area (Å²) >= 11 is 5.89. The van der Waals surface area contributed by atoms with E-state index in [1.807, 2.05) is 6.07 Å². The molecule has 3 N–H and O–H groups in total. The van der Waals surface area contributed by atoms with Gasteiger partial charge in [0.15, 0.2) is 11.5 Å². The van der Waals surface area contributed by atoms with E-state index in [0.717, 1.165) is 56.8 Å². The number of piperidine rings is 1. The number of alkyl halides is 3. The molecule has 9 nitrogen and oxygen atoms in total. The third kappa shape index (κ3) is 8.11. The van der Waals surface area contributed by atoms with Gasteiger partial charge in [-0.15, -0.1) is 0 Å². The van der Waals surface area contributed by atoms with Gasteiger partial charge < -0.3 is 30.1 Å². The van der Waals surface area contributed by atoms with Crippen LogP contribution in [0.1, 0.15) is 44.1 Å². The normalized spacial score (nSPS) is 24.2. The Morgan fingerprint density at radius 1 is 1.00 bits per heavy atom. The first-order chi connectivity index (χ1) is 21.3. The monoisotopic (exact) mass is 658 g/mol. The van der Waals surface area contributed by atoms with Crippen molar-refractivity contribution in [3.05, 3.63) is 52.8 Å². The molecular weight excluding hydrogens is 620 g/mol. The number of nitrogens with zero attached hydrogens (tertiary/aromatic N) is 2. The van der Waals surface area contributed by atoms with Crippen LogP contribution in [0.4, 0.5) is 28.0 Å². The second-order valence-corrected chi connectivity index (χ2v) is 12.2. The van der Waals surface area contributed by atoms with Crippen LogP contribution in [-0.2, 0) is 10.2 Å². The highest BCUT2D eigenvalue weighted by molar-refractivity contribution is 6.31. The standard InChI is InChI=1S/C29H38ClFN4O3.C2HF3O2/c1-34-13-9-22(10-14-34)35-15-12-29(19-4-7-25(37-2)26(16-19)38-3)11-8-21(18-27(29)35)33-28(36)32-20-5-6-24(31)23(30)17-20;3-2(4,5)1(6)7/h4-7,16-17,21-22,27H,8-15,18H2,1-3H3,(H2,32,33,36);(H,6,7). The molecule has 5 rings (SSSR count). The van der Waals surface area contributed by atoms with Crippen LogP contribution in [0.25, 0.3) is 0 Å². The molecule has 14 heteroatoms. The zero-order valence-electron chi connectivity index (χ0n) is 25.4.